The summed E-state index contributed by atoms with van der Waals surface area (Å²) in [6.07, 6.45) is 1.98. The number of halogens is 3. The van der Waals surface area contributed by atoms with E-state index in [4.69, 9.17) is 5.73 Å². The summed E-state index contributed by atoms with van der Waals surface area (Å²) < 4.78 is 41.9. The number of benzodiazepines with no additional fused rings is 1. The lowest BCUT2D eigenvalue weighted by molar-refractivity contribution is -0.142. The largest absolute Gasteiger partial charge is 0.417 e. The third-order valence-electron chi connectivity index (χ3n) is 7.71. The van der Waals surface area contributed by atoms with E-state index in [1.807, 2.05) is 12.2 Å². The SMILES string of the molecule is CN(C(=O)CCCCC1(C(N)=O)CC=CC1)C1(C)N=C(c2ccccc2C(F)(F)F)c2ccccc2NC1=O. The Morgan fingerprint density at radius 3 is 2.28 bits per heavy atom. The topological polar surface area (TPSA) is 105 Å². The molecule has 0 fully saturated rings. The molecule has 2 aliphatic rings. The Morgan fingerprint density at radius 2 is 1.64 bits per heavy atom. The number of nitrogens with zero attached hydrogens (tertiary/aromatic N) is 2. The van der Waals surface area contributed by atoms with Gasteiger partial charge in [0.1, 0.15) is 0 Å². The van der Waals surface area contributed by atoms with Crippen molar-refractivity contribution < 1.29 is 27.6 Å². The Balaban J connectivity index is 1.62. The van der Waals surface area contributed by atoms with E-state index < -0.39 is 34.6 Å². The number of para-hydroxylation sites is 1. The number of primary amides is 1. The molecule has 1 unspecified atom stereocenters. The number of rotatable bonds is 8. The number of aliphatic imine (C=N–C) groups is 1. The normalized spacial score (nSPS) is 20.0. The molecular weight excluding hydrogens is 509 g/mol. The molecule has 2 aromatic carbocycles. The highest BCUT2D eigenvalue weighted by Crippen LogP contribution is 2.39. The number of hydrogen-bond donors (Lipinski definition) is 2. The number of likely N-dealkylation sites (N-methyl/N-ethyl adjacent to an activating group) is 1. The molecule has 0 aromatic heterocycles. The Hall–Kier alpha value is -3.95. The van der Waals surface area contributed by atoms with Gasteiger partial charge in [-0.15, -0.1) is 0 Å². The maximum Gasteiger partial charge on any atom is 0.417 e. The van der Waals surface area contributed by atoms with Crippen molar-refractivity contribution in [3.63, 3.8) is 0 Å². The molecule has 206 valence electrons. The van der Waals surface area contributed by atoms with E-state index in [0.29, 0.717) is 43.4 Å². The number of hydrogen-bond acceptors (Lipinski definition) is 4. The van der Waals surface area contributed by atoms with Crippen LogP contribution in [0.3, 0.4) is 0 Å². The Kier molecular flexibility index (Phi) is 7.68. The summed E-state index contributed by atoms with van der Waals surface area (Å²) in [6.45, 7) is 1.41. The minimum atomic E-state index is -4.66. The highest BCUT2D eigenvalue weighted by atomic mass is 19.4. The summed E-state index contributed by atoms with van der Waals surface area (Å²) in [5.41, 5.74) is 2.65. The van der Waals surface area contributed by atoms with Gasteiger partial charge in [-0.2, -0.15) is 13.2 Å². The summed E-state index contributed by atoms with van der Waals surface area (Å²) >= 11 is 0. The summed E-state index contributed by atoms with van der Waals surface area (Å²) in [4.78, 5) is 44.4. The van der Waals surface area contributed by atoms with Crippen molar-refractivity contribution in [2.75, 3.05) is 12.4 Å². The van der Waals surface area contributed by atoms with E-state index in [-0.39, 0.29) is 23.6 Å². The van der Waals surface area contributed by atoms with Crippen LogP contribution in [0.25, 0.3) is 0 Å². The molecule has 1 heterocycles. The molecule has 0 spiro atoms. The molecule has 3 amide bonds. The van der Waals surface area contributed by atoms with Crippen LogP contribution in [-0.2, 0) is 20.6 Å². The van der Waals surface area contributed by atoms with Crippen LogP contribution >= 0.6 is 0 Å². The van der Waals surface area contributed by atoms with Gasteiger partial charge < -0.3 is 16.0 Å². The fourth-order valence-electron chi connectivity index (χ4n) is 5.12. The summed E-state index contributed by atoms with van der Waals surface area (Å²) in [5.74, 6) is -1.40. The van der Waals surface area contributed by atoms with Crippen molar-refractivity contribution in [1.29, 1.82) is 0 Å². The van der Waals surface area contributed by atoms with Gasteiger partial charge in [0.2, 0.25) is 17.5 Å². The molecule has 3 N–H and O–H groups in total. The fraction of sp³-hybridized carbons (Fsp3) is 0.379. The van der Waals surface area contributed by atoms with E-state index in [1.165, 1.54) is 37.1 Å². The zero-order chi connectivity index (χ0) is 28.4. The first-order chi connectivity index (χ1) is 18.4. The van der Waals surface area contributed by atoms with E-state index in [9.17, 15) is 27.6 Å². The third-order valence-corrected chi connectivity index (χ3v) is 7.71. The van der Waals surface area contributed by atoms with E-state index in [0.717, 1.165) is 6.07 Å². The maximum atomic E-state index is 14.0. The van der Waals surface area contributed by atoms with Crippen molar-refractivity contribution in [2.45, 2.75) is 57.3 Å². The van der Waals surface area contributed by atoms with Gasteiger partial charge in [-0.05, 0) is 44.7 Å². The molecule has 1 aliphatic heterocycles. The van der Waals surface area contributed by atoms with Crippen molar-refractivity contribution in [1.82, 2.24) is 4.90 Å². The predicted octanol–water partition coefficient (Wildman–Crippen LogP) is 5.05. The van der Waals surface area contributed by atoms with Crippen molar-refractivity contribution >= 4 is 29.1 Å². The van der Waals surface area contributed by atoms with E-state index in [1.54, 1.807) is 24.3 Å². The van der Waals surface area contributed by atoms with Gasteiger partial charge in [0.05, 0.1) is 22.4 Å². The average Bonchev–Trinajstić information content (AvgIpc) is 3.35. The first-order valence-electron chi connectivity index (χ1n) is 12.8. The Morgan fingerprint density at radius 1 is 1.03 bits per heavy atom. The van der Waals surface area contributed by atoms with Crippen molar-refractivity contribution in [3.05, 3.63) is 77.4 Å². The van der Waals surface area contributed by atoms with Crippen LogP contribution in [0, 0.1) is 5.41 Å². The zero-order valence-electron chi connectivity index (χ0n) is 21.8. The number of carbonyl (C=O) groups excluding carboxylic acids is 3. The van der Waals surface area contributed by atoms with Gasteiger partial charge in [-0.1, -0.05) is 55.0 Å². The first kappa shape index (κ1) is 28.1. The molecule has 0 bridgehead atoms. The molecule has 4 rings (SSSR count). The van der Waals surface area contributed by atoms with Gasteiger partial charge in [0, 0.05) is 24.6 Å². The lowest BCUT2D eigenvalue weighted by atomic mass is 9.79. The second-order valence-electron chi connectivity index (χ2n) is 10.2. The molecule has 10 heteroatoms. The number of anilines is 1. The van der Waals surface area contributed by atoms with Crippen LogP contribution in [0.1, 0.15) is 62.1 Å². The average molecular weight is 541 g/mol. The number of carbonyl (C=O) groups is 3. The van der Waals surface area contributed by atoms with Gasteiger partial charge in [0.25, 0.3) is 5.91 Å². The van der Waals surface area contributed by atoms with Crippen molar-refractivity contribution in [3.8, 4) is 0 Å². The first-order valence-corrected chi connectivity index (χ1v) is 12.8. The summed E-state index contributed by atoms with van der Waals surface area (Å²) in [7, 11) is 1.42. The lowest BCUT2D eigenvalue weighted by Crippen LogP contribution is -2.54. The monoisotopic (exact) mass is 540 g/mol. The Labute approximate surface area is 225 Å². The molecule has 39 heavy (non-hydrogen) atoms. The minimum Gasteiger partial charge on any atom is -0.369 e. The zero-order valence-corrected chi connectivity index (χ0v) is 21.8. The highest BCUT2D eigenvalue weighted by molar-refractivity contribution is 6.21. The molecule has 1 atom stereocenters. The fourth-order valence-corrected chi connectivity index (χ4v) is 5.12. The minimum absolute atomic E-state index is 0.0452. The van der Waals surface area contributed by atoms with Crippen molar-refractivity contribution in [2.24, 2.45) is 16.1 Å². The molecule has 0 radical (unpaired) electrons. The second kappa shape index (κ2) is 10.7. The third kappa shape index (κ3) is 5.46. The Bertz CT molecular complexity index is 1340. The molecule has 2 aromatic rings. The molecule has 0 saturated carbocycles. The smallest absolute Gasteiger partial charge is 0.369 e. The molecule has 7 nitrogen and oxygen atoms in total. The van der Waals surface area contributed by atoms with Crippen LogP contribution in [0.2, 0.25) is 0 Å². The van der Waals surface area contributed by atoms with Crippen LogP contribution in [-0.4, -0.2) is 41.0 Å². The lowest BCUT2D eigenvalue weighted by Gasteiger charge is -2.34. The maximum absolute atomic E-state index is 14.0. The quantitative estimate of drug-likeness (QED) is 0.362. The molecule has 1 aliphatic carbocycles. The number of benzene rings is 2. The summed E-state index contributed by atoms with van der Waals surface area (Å²) in [5, 5.41) is 2.74. The predicted molar refractivity (Wildman–Crippen MR) is 142 cm³/mol. The highest BCUT2D eigenvalue weighted by Gasteiger charge is 2.44. The molecular formula is C29H31F3N4O3. The van der Waals surface area contributed by atoms with Gasteiger partial charge in [-0.3, -0.25) is 14.4 Å². The molecule has 0 saturated heterocycles. The van der Waals surface area contributed by atoms with Gasteiger partial charge >= 0.3 is 6.18 Å². The second-order valence-corrected chi connectivity index (χ2v) is 10.2. The number of nitrogens with one attached hydrogen (secondary N) is 1. The van der Waals surface area contributed by atoms with E-state index in [2.05, 4.69) is 10.3 Å². The van der Waals surface area contributed by atoms with Crippen LogP contribution in [0.4, 0.5) is 18.9 Å². The van der Waals surface area contributed by atoms with Crippen LogP contribution in [0.15, 0.2) is 65.7 Å². The number of amides is 3. The summed E-state index contributed by atoms with van der Waals surface area (Å²) in [6, 6.07) is 11.5. The van der Waals surface area contributed by atoms with E-state index >= 15 is 0 Å². The number of alkyl halides is 3. The number of unbranched alkanes of at least 4 members (excludes halogenated alkanes) is 1. The van der Waals surface area contributed by atoms with Crippen LogP contribution in [0.5, 0.6) is 0 Å². The number of nitrogens with two attached hydrogens (primary N) is 1. The van der Waals surface area contributed by atoms with Crippen LogP contribution < -0.4 is 11.1 Å². The standard InChI is InChI=1S/C29H31F3N4O3/c1-27(36(2)23(37)15-7-8-16-28(25(33)38)17-9-10-18-28)26(39)34-22-14-6-4-12-20(22)24(35-27)19-11-3-5-13-21(19)29(30,31)32/h3-6,9-14H,7-8,15-18H2,1-2H3,(H2,33,38)(H,34,39). The van der Waals surface area contributed by atoms with Gasteiger partial charge in [-0.25, -0.2) is 4.99 Å². The number of allylic oxidation sites excluding steroid dienone is 2. The van der Waals surface area contributed by atoms with Gasteiger partial charge in [0.15, 0.2) is 0 Å². The number of fused-ring (bicyclic) bond motifs is 1.